The van der Waals surface area contributed by atoms with Crippen LogP contribution >= 0.6 is 12.2 Å². The predicted octanol–water partition coefficient (Wildman–Crippen LogP) is 3.87. The van der Waals surface area contributed by atoms with Gasteiger partial charge >= 0.3 is 0 Å². The van der Waals surface area contributed by atoms with Crippen LogP contribution in [0.1, 0.15) is 37.9 Å². The van der Waals surface area contributed by atoms with E-state index in [9.17, 15) is 0 Å². The Hall–Kier alpha value is -1.75. The zero-order valence-corrected chi connectivity index (χ0v) is 12.2. The highest BCUT2D eigenvalue weighted by molar-refractivity contribution is 7.71. The van der Waals surface area contributed by atoms with Crippen molar-refractivity contribution in [2.24, 2.45) is 0 Å². The molecule has 0 aromatic carbocycles. The lowest BCUT2D eigenvalue weighted by Crippen LogP contribution is -1.98. The Balaban J connectivity index is 1.93. The second-order valence-electron chi connectivity index (χ2n) is 5.05. The minimum absolute atomic E-state index is 0.545. The molecule has 0 saturated heterocycles. The fourth-order valence-corrected chi connectivity index (χ4v) is 2.26. The standard InChI is InChI=1S/C15H17N3OS/c1-2-5-19-12-6-11(8-16-9-12)13-7-14(20)18-15(17-13)10-3-4-10/h6-10H,2-5H2,1H3,(H,17,18,20). The molecule has 0 amide bonds. The lowest BCUT2D eigenvalue weighted by Gasteiger charge is -2.08. The van der Waals surface area contributed by atoms with Gasteiger partial charge in [0.2, 0.25) is 0 Å². The van der Waals surface area contributed by atoms with E-state index in [1.54, 1.807) is 6.20 Å². The van der Waals surface area contributed by atoms with Crippen LogP contribution in [0.15, 0.2) is 24.5 Å². The maximum absolute atomic E-state index is 5.62. The van der Waals surface area contributed by atoms with E-state index in [0.717, 1.165) is 29.3 Å². The summed E-state index contributed by atoms with van der Waals surface area (Å²) >= 11 is 5.25. The third-order valence-corrected chi connectivity index (χ3v) is 3.43. The summed E-state index contributed by atoms with van der Waals surface area (Å²) in [6.07, 6.45) is 6.92. The van der Waals surface area contributed by atoms with Gasteiger partial charge in [0.05, 0.1) is 18.5 Å². The summed E-state index contributed by atoms with van der Waals surface area (Å²) in [4.78, 5) is 12.0. The molecule has 1 aliphatic rings. The number of nitrogens with one attached hydrogen (secondary N) is 1. The Bertz CT molecular complexity index is 664. The van der Waals surface area contributed by atoms with E-state index in [1.807, 2.05) is 18.3 Å². The second-order valence-corrected chi connectivity index (χ2v) is 5.47. The van der Waals surface area contributed by atoms with Crippen molar-refractivity contribution in [3.8, 4) is 17.0 Å². The van der Waals surface area contributed by atoms with Gasteiger partial charge in [0.1, 0.15) is 16.2 Å². The van der Waals surface area contributed by atoms with Crippen LogP contribution in [0.4, 0.5) is 0 Å². The first-order chi connectivity index (χ1) is 9.76. The maximum Gasteiger partial charge on any atom is 0.138 e. The van der Waals surface area contributed by atoms with E-state index < -0.39 is 0 Å². The first kappa shape index (κ1) is 13.2. The van der Waals surface area contributed by atoms with Crippen LogP contribution in [0.2, 0.25) is 0 Å². The van der Waals surface area contributed by atoms with E-state index in [1.165, 1.54) is 12.8 Å². The number of pyridine rings is 1. The topological polar surface area (TPSA) is 50.8 Å². The molecule has 0 bridgehead atoms. The molecule has 20 heavy (non-hydrogen) atoms. The summed E-state index contributed by atoms with van der Waals surface area (Å²) in [7, 11) is 0. The fraction of sp³-hybridized carbons (Fsp3) is 0.400. The average molecular weight is 287 g/mol. The summed E-state index contributed by atoms with van der Waals surface area (Å²) < 4.78 is 6.25. The zero-order valence-electron chi connectivity index (χ0n) is 11.4. The number of hydrogen-bond acceptors (Lipinski definition) is 4. The Labute approximate surface area is 123 Å². The summed E-state index contributed by atoms with van der Waals surface area (Å²) in [5.41, 5.74) is 1.94. The van der Waals surface area contributed by atoms with Crippen molar-refractivity contribution in [1.29, 1.82) is 0 Å². The molecule has 0 atom stereocenters. The van der Waals surface area contributed by atoms with Crippen LogP contribution in [-0.4, -0.2) is 21.6 Å². The van der Waals surface area contributed by atoms with E-state index >= 15 is 0 Å². The molecule has 1 N–H and O–H groups in total. The Morgan fingerprint density at radius 1 is 1.35 bits per heavy atom. The van der Waals surface area contributed by atoms with Crippen LogP contribution in [0.25, 0.3) is 11.3 Å². The van der Waals surface area contributed by atoms with Gasteiger partial charge in [-0.25, -0.2) is 4.98 Å². The van der Waals surface area contributed by atoms with Crippen molar-refractivity contribution < 1.29 is 4.74 Å². The van der Waals surface area contributed by atoms with Crippen LogP contribution in [0.5, 0.6) is 5.75 Å². The maximum atomic E-state index is 5.62. The van der Waals surface area contributed by atoms with E-state index in [0.29, 0.717) is 17.2 Å². The SMILES string of the molecule is CCCOc1cncc(-c2cc(=S)nc(C3CC3)[nH]2)c1. The van der Waals surface area contributed by atoms with E-state index in [2.05, 4.69) is 21.9 Å². The van der Waals surface area contributed by atoms with E-state index in [4.69, 9.17) is 17.0 Å². The predicted molar refractivity (Wildman–Crippen MR) is 80.4 cm³/mol. The van der Waals surface area contributed by atoms with E-state index in [-0.39, 0.29) is 0 Å². The quantitative estimate of drug-likeness (QED) is 0.848. The molecule has 5 heteroatoms. The number of H-pyrrole nitrogens is 1. The van der Waals surface area contributed by atoms with Crippen LogP contribution in [-0.2, 0) is 0 Å². The summed E-state index contributed by atoms with van der Waals surface area (Å²) in [5, 5.41) is 0. The van der Waals surface area contributed by atoms with Gasteiger partial charge < -0.3 is 9.72 Å². The molecule has 1 saturated carbocycles. The highest BCUT2D eigenvalue weighted by Crippen LogP contribution is 2.38. The number of ether oxygens (including phenoxy) is 1. The van der Waals surface area contributed by atoms with Gasteiger partial charge in [-0.15, -0.1) is 0 Å². The van der Waals surface area contributed by atoms with Gasteiger partial charge in [0.25, 0.3) is 0 Å². The number of aromatic nitrogens is 3. The summed E-state index contributed by atoms with van der Waals surface area (Å²) in [5.74, 6) is 2.32. The molecule has 0 radical (unpaired) electrons. The molecule has 3 rings (SSSR count). The largest absolute Gasteiger partial charge is 0.492 e. The molecule has 2 aromatic rings. The normalized spacial score (nSPS) is 14.2. The molecule has 104 valence electrons. The molecule has 0 aliphatic heterocycles. The van der Waals surface area contributed by atoms with Crippen molar-refractivity contribution in [1.82, 2.24) is 15.0 Å². The summed E-state index contributed by atoms with van der Waals surface area (Å²) in [6.45, 7) is 2.78. The van der Waals surface area contributed by atoms with Crippen molar-refractivity contribution in [2.75, 3.05) is 6.61 Å². The highest BCUT2D eigenvalue weighted by Gasteiger charge is 2.26. The molecule has 4 nitrogen and oxygen atoms in total. The fourth-order valence-electron chi connectivity index (χ4n) is 2.05. The Kier molecular flexibility index (Phi) is 3.78. The van der Waals surface area contributed by atoms with Gasteiger partial charge in [-0.2, -0.15) is 0 Å². The smallest absolute Gasteiger partial charge is 0.138 e. The van der Waals surface area contributed by atoms with Crippen molar-refractivity contribution >= 4 is 12.2 Å². The van der Waals surface area contributed by atoms with Crippen LogP contribution < -0.4 is 4.74 Å². The van der Waals surface area contributed by atoms with Crippen molar-refractivity contribution in [2.45, 2.75) is 32.1 Å². The lowest BCUT2D eigenvalue weighted by molar-refractivity contribution is 0.316. The second kappa shape index (κ2) is 5.71. The number of aromatic amines is 1. The van der Waals surface area contributed by atoms with Crippen molar-refractivity contribution in [3.63, 3.8) is 0 Å². The third-order valence-electron chi connectivity index (χ3n) is 3.22. The minimum atomic E-state index is 0.545. The van der Waals surface area contributed by atoms with Crippen molar-refractivity contribution in [3.05, 3.63) is 35.0 Å². The number of rotatable bonds is 5. The molecular weight excluding hydrogens is 270 g/mol. The van der Waals surface area contributed by atoms with Gasteiger partial charge in [-0.3, -0.25) is 4.98 Å². The zero-order chi connectivity index (χ0) is 13.9. The monoisotopic (exact) mass is 287 g/mol. The molecular formula is C15H17N3OS. The summed E-state index contributed by atoms with van der Waals surface area (Å²) in [6, 6.07) is 3.86. The number of nitrogens with zero attached hydrogens (tertiary/aromatic N) is 2. The van der Waals surface area contributed by atoms with Gasteiger partial charge in [-0.1, -0.05) is 19.1 Å². The minimum Gasteiger partial charge on any atom is -0.492 e. The molecule has 0 unspecified atom stereocenters. The highest BCUT2D eigenvalue weighted by atomic mass is 32.1. The van der Waals surface area contributed by atoms with Gasteiger partial charge in [-0.05, 0) is 31.4 Å². The number of hydrogen-bond donors (Lipinski definition) is 1. The Morgan fingerprint density at radius 2 is 2.20 bits per heavy atom. The first-order valence-electron chi connectivity index (χ1n) is 6.95. The lowest BCUT2D eigenvalue weighted by atomic mass is 10.2. The van der Waals surface area contributed by atoms with Gasteiger partial charge in [0.15, 0.2) is 0 Å². The molecule has 2 aromatic heterocycles. The Morgan fingerprint density at radius 3 is 2.95 bits per heavy atom. The van der Waals surface area contributed by atoms with Crippen LogP contribution in [0.3, 0.4) is 0 Å². The van der Waals surface area contributed by atoms with Gasteiger partial charge in [0, 0.05) is 17.7 Å². The first-order valence-corrected chi connectivity index (χ1v) is 7.36. The third kappa shape index (κ3) is 3.04. The molecule has 0 spiro atoms. The molecule has 1 fully saturated rings. The molecule has 1 aliphatic carbocycles. The average Bonchev–Trinajstić information content (AvgIpc) is 3.29. The molecule has 2 heterocycles. The van der Waals surface area contributed by atoms with Crippen LogP contribution in [0, 0.1) is 4.64 Å².